The van der Waals surface area contributed by atoms with Crippen LogP contribution in [0.2, 0.25) is 5.02 Å². The summed E-state index contributed by atoms with van der Waals surface area (Å²) in [5.41, 5.74) is 0.965. The average Bonchev–Trinajstić information content (AvgIpc) is 3.19. The lowest BCUT2D eigenvalue weighted by Gasteiger charge is -2.13. The number of carbonyl (C=O) groups excluding carboxylic acids is 2. The lowest BCUT2D eigenvalue weighted by atomic mass is 10.1. The Bertz CT molecular complexity index is 821. The van der Waals surface area contributed by atoms with Gasteiger partial charge < -0.3 is 24.8 Å². The molecule has 1 aromatic heterocycles. The largest absolute Gasteiger partial charge is 0.383 e. The van der Waals surface area contributed by atoms with E-state index >= 15 is 0 Å². The summed E-state index contributed by atoms with van der Waals surface area (Å²) in [6, 6.07) is 6.68. The molecule has 2 aromatic rings. The predicted molar refractivity (Wildman–Crippen MR) is 101 cm³/mol. The van der Waals surface area contributed by atoms with Gasteiger partial charge in [0.05, 0.1) is 12.6 Å². The van der Waals surface area contributed by atoms with Crippen molar-refractivity contribution in [3.8, 4) is 11.3 Å². The van der Waals surface area contributed by atoms with E-state index in [2.05, 4.69) is 15.8 Å². The third-order valence-electron chi connectivity index (χ3n) is 4.30. The van der Waals surface area contributed by atoms with Crippen LogP contribution in [0.1, 0.15) is 16.8 Å². The summed E-state index contributed by atoms with van der Waals surface area (Å²) in [7, 11) is 3.30. The molecule has 0 aliphatic carbocycles. The third-order valence-corrected chi connectivity index (χ3v) is 4.55. The van der Waals surface area contributed by atoms with Gasteiger partial charge in [-0.15, -0.1) is 0 Å². The van der Waals surface area contributed by atoms with Crippen LogP contribution in [0.4, 0.5) is 5.82 Å². The average molecular weight is 393 g/mol. The van der Waals surface area contributed by atoms with E-state index in [1.165, 1.54) is 0 Å². The van der Waals surface area contributed by atoms with Crippen LogP contribution in [0.3, 0.4) is 0 Å². The van der Waals surface area contributed by atoms with Crippen LogP contribution in [0, 0.1) is 0 Å². The second-order valence-corrected chi connectivity index (χ2v) is 6.75. The molecule has 1 aliphatic heterocycles. The summed E-state index contributed by atoms with van der Waals surface area (Å²) < 4.78 is 10.5. The molecular weight excluding hydrogens is 372 g/mol. The minimum Gasteiger partial charge on any atom is -0.383 e. The highest BCUT2D eigenvalue weighted by molar-refractivity contribution is 6.30. The quantitative estimate of drug-likeness (QED) is 0.700. The maximum Gasteiger partial charge on any atom is 0.259 e. The number of likely N-dealkylation sites (tertiary alicyclic amines) is 1. The van der Waals surface area contributed by atoms with Crippen molar-refractivity contribution in [1.29, 1.82) is 0 Å². The van der Waals surface area contributed by atoms with Crippen LogP contribution >= 0.6 is 11.6 Å². The number of hydrogen-bond acceptors (Lipinski definition) is 6. The monoisotopic (exact) mass is 392 g/mol. The van der Waals surface area contributed by atoms with Crippen LogP contribution in [-0.4, -0.2) is 61.8 Å². The lowest BCUT2D eigenvalue weighted by molar-refractivity contribution is -0.126. The SMILES string of the molecule is COCCNc1noc(-c2ccc(Cl)cc2)c1C(=O)NC1CC(=O)N(C)C1. The number of likely N-dealkylation sites (N-methyl/N-ethyl adjacent to an activating group) is 1. The van der Waals surface area contributed by atoms with Gasteiger partial charge in [-0.1, -0.05) is 16.8 Å². The first kappa shape index (κ1) is 19.2. The molecule has 0 spiro atoms. The second kappa shape index (κ2) is 8.41. The highest BCUT2D eigenvalue weighted by atomic mass is 35.5. The van der Waals surface area contributed by atoms with Crippen molar-refractivity contribution in [3.63, 3.8) is 0 Å². The van der Waals surface area contributed by atoms with Crippen molar-refractivity contribution in [2.75, 3.05) is 39.2 Å². The molecule has 144 valence electrons. The van der Waals surface area contributed by atoms with Crippen molar-refractivity contribution in [1.82, 2.24) is 15.4 Å². The number of nitrogens with one attached hydrogen (secondary N) is 2. The normalized spacial score (nSPS) is 16.6. The standard InChI is InChI=1S/C18H21ClN4O4/c1-23-10-13(9-14(23)24)21-18(25)15-16(11-3-5-12(19)6-4-11)27-22-17(15)20-7-8-26-2/h3-6,13H,7-10H2,1-2H3,(H,20,22)(H,21,25). The van der Waals surface area contributed by atoms with Gasteiger partial charge in [-0.25, -0.2) is 0 Å². The molecule has 8 nitrogen and oxygen atoms in total. The molecule has 2 amide bonds. The molecule has 1 unspecified atom stereocenters. The fourth-order valence-electron chi connectivity index (χ4n) is 2.91. The zero-order valence-electron chi connectivity index (χ0n) is 15.1. The molecule has 1 atom stereocenters. The Morgan fingerprint density at radius 1 is 1.41 bits per heavy atom. The molecule has 1 aliphatic rings. The summed E-state index contributed by atoms with van der Waals surface area (Å²) in [5, 5.41) is 10.5. The Morgan fingerprint density at radius 2 is 2.15 bits per heavy atom. The number of ether oxygens (including phenoxy) is 1. The van der Waals surface area contributed by atoms with Crippen molar-refractivity contribution < 1.29 is 18.8 Å². The topological polar surface area (TPSA) is 96.7 Å². The van der Waals surface area contributed by atoms with Crippen LogP contribution in [0.15, 0.2) is 28.8 Å². The van der Waals surface area contributed by atoms with Crippen molar-refractivity contribution >= 4 is 29.2 Å². The van der Waals surface area contributed by atoms with Crippen LogP contribution < -0.4 is 10.6 Å². The van der Waals surface area contributed by atoms with E-state index in [1.54, 1.807) is 43.3 Å². The summed E-state index contributed by atoms with van der Waals surface area (Å²) in [6.45, 7) is 1.39. The number of benzene rings is 1. The fourth-order valence-corrected chi connectivity index (χ4v) is 3.04. The van der Waals surface area contributed by atoms with Crippen LogP contribution in [0.5, 0.6) is 0 Å². The molecule has 1 saturated heterocycles. The molecule has 0 bridgehead atoms. The van der Waals surface area contributed by atoms with Crippen LogP contribution in [0.25, 0.3) is 11.3 Å². The second-order valence-electron chi connectivity index (χ2n) is 6.31. The first-order valence-electron chi connectivity index (χ1n) is 8.53. The maximum atomic E-state index is 13.0. The number of anilines is 1. The summed E-state index contributed by atoms with van der Waals surface area (Å²) in [4.78, 5) is 26.3. The number of amides is 2. The van der Waals surface area contributed by atoms with Gasteiger partial charge in [0.2, 0.25) is 5.91 Å². The Labute approximate surface area is 161 Å². The van der Waals surface area contributed by atoms with Gasteiger partial charge in [-0.3, -0.25) is 9.59 Å². The Kier molecular flexibility index (Phi) is 5.98. The van der Waals surface area contributed by atoms with E-state index in [1.807, 2.05) is 0 Å². The zero-order valence-corrected chi connectivity index (χ0v) is 15.9. The Morgan fingerprint density at radius 3 is 2.78 bits per heavy atom. The lowest BCUT2D eigenvalue weighted by Crippen LogP contribution is -2.36. The van der Waals surface area contributed by atoms with Gasteiger partial charge >= 0.3 is 0 Å². The number of nitrogens with zero attached hydrogens (tertiary/aromatic N) is 2. The van der Waals surface area contributed by atoms with Crippen molar-refractivity contribution in [2.45, 2.75) is 12.5 Å². The summed E-state index contributed by atoms with van der Waals surface area (Å²) >= 11 is 5.94. The summed E-state index contributed by atoms with van der Waals surface area (Å²) in [5.74, 6) is 0.310. The number of rotatable bonds is 7. The van der Waals surface area contributed by atoms with Gasteiger partial charge in [-0.2, -0.15) is 0 Å². The van der Waals surface area contributed by atoms with Gasteiger partial charge in [0.25, 0.3) is 5.91 Å². The predicted octanol–water partition coefficient (Wildman–Crippen LogP) is 2.01. The van der Waals surface area contributed by atoms with Gasteiger partial charge in [0, 0.05) is 44.3 Å². The van der Waals surface area contributed by atoms with Gasteiger partial charge in [0.1, 0.15) is 5.56 Å². The molecule has 0 radical (unpaired) electrons. The van der Waals surface area contributed by atoms with Crippen molar-refractivity contribution in [3.05, 3.63) is 34.9 Å². The van der Waals surface area contributed by atoms with E-state index in [9.17, 15) is 9.59 Å². The Balaban J connectivity index is 1.87. The number of aromatic nitrogens is 1. The zero-order chi connectivity index (χ0) is 19.4. The molecule has 1 aromatic carbocycles. The molecule has 27 heavy (non-hydrogen) atoms. The van der Waals surface area contributed by atoms with E-state index in [0.717, 1.165) is 0 Å². The fraction of sp³-hybridized carbons (Fsp3) is 0.389. The first-order chi connectivity index (χ1) is 13.0. The molecular formula is C18H21ClN4O4. The molecule has 2 heterocycles. The molecule has 9 heteroatoms. The third kappa shape index (κ3) is 4.40. The van der Waals surface area contributed by atoms with Crippen LogP contribution in [-0.2, 0) is 9.53 Å². The minimum absolute atomic E-state index is 0.00184. The number of methoxy groups -OCH3 is 1. The first-order valence-corrected chi connectivity index (χ1v) is 8.90. The molecule has 1 fully saturated rings. The smallest absolute Gasteiger partial charge is 0.259 e. The van der Waals surface area contributed by atoms with E-state index in [0.29, 0.717) is 41.9 Å². The Hall–Kier alpha value is -2.58. The molecule has 0 saturated carbocycles. The number of carbonyl (C=O) groups is 2. The number of halogens is 1. The van der Waals surface area contributed by atoms with E-state index in [-0.39, 0.29) is 29.8 Å². The van der Waals surface area contributed by atoms with E-state index < -0.39 is 0 Å². The molecule has 2 N–H and O–H groups in total. The van der Waals surface area contributed by atoms with Gasteiger partial charge in [-0.05, 0) is 24.3 Å². The minimum atomic E-state index is -0.353. The number of hydrogen-bond donors (Lipinski definition) is 2. The molecule has 3 rings (SSSR count). The summed E-state index contributed by atoms with van der Waals surface area (Å²) in [6.07, 6.45) is 0.274. The highest BCUT2D eigenvalue weighted by Gasteiger charge is 2.31. The highest BCUT2D eigenvalue weighted by Crippen LogP contribution is 2.30. The van der Waals surface area contributed by atoms with E-state index in [4.69, 9.17) is 20.9 Å². The van der Waals surface area contributed by atoms with Gasteiger partial charge in [0.15, 0.2) is 11.6 Å². The van der Waals surface area contributed by atoms with Crippen molar-refractivity contribution in [2.24, 2.45) is 0 Å². The maximum absolute atomic E-state index is 13.0.